The number of nitrogens with zero attached hydrogens (tertiary/aromatic N) is 1. The Morgan fingerprint density at radius 2 is 2.18 bits per heavy atom. The normalized spacial score (nSPS) is 11.9. The summed E-state index contributed by atoms with van der Waals surface area (Å²) in [4.78, 5) is 2.97. The van der Waals surface area contributed by atoms with E-state index in [-0.39, 0.29) is 0 Å². The minimum atomic E-state index is 0.292. The van der Waals surface area contributed by atoms with Gasteiger partial charge in [-0.15, -0.1) is 0 Å². The zero-order chi connectivity index (χ0) is 8.48. The van der Waals surface area contributed by atoms with Gasteiger partial charge in [-0.2, -0.15) is 0 Å². The lowest BCUT2D eigenvalue weighted by molar-refractivity contribution is 0.341. The lowest BCUT2D eigenvalue weighted by atomic mass is 9.97. The maximum absolute atomic E-state index is 5.06. The molecule has 0 saturated carbocycles. The fourth-order valence-electron chi connectivity index (χ4n) is 0.985. The van der Waals surface area contributed by atoms with E-state index in [1.54, 1.807) is 0 Å². The summed E-state index contributed by atoms with van der Waals surface area (Å²) in [6, 6.07) is 0. The number of aromatic nitrogens is 2. The van der Waals surface area contributed by atoms with Crippen molar-refractivity contribution in [2.24, 2.45) is 5.41 Å². The summed E-state index contributed by atoms with van der Waals surface area (Å²) in [6.07, 6.45) is 3.85. The Balaban J connectivity index is 2.80. The van der Waals surface area contributed by atoms with Gasteiger partial charge >= 0.3 is 0 Å². The number of imidazole rings is 1. The smallest absolute Gasteiger partial charge is 0.177 e. The SMILES string of the molecule is CC(C)(C)Cn1cc[nH]c1=S. The molecule has 0 atom stereocenters. The molecule has 62 valence electrons. The molecule has 0 amide bonds. The molecule has 0 aliphatic rings. The Hall–Kier alpha value is -0.570. The minimum absolute atomic E-state index is 0.292. The largest absolute Gasteiger partial charge is 0.337 e. The molecule has 1 aromatic rings. The van der Waals surface area contributed by atoms with Gasteiger partial charge in [0.25, 0.3) is 0 Å². The highest BCUT2D eigenvalue weighted by Crippen LogP contribution is 2.15. The van der Waals surface area contributed by atoms with E-state index in [1.165, 1.54) is 0 Å². The first-order valence-corrected chi connectivity index (χ1v) is 4.14. The van der Waals surface area contributed by atoms with Gasteiger partial charge in [0.2, 0.25) is 0 Å². The summed E-state index contributed by atoms with van der Waals surface area (Å²) in [7, 11) is 0. The number of aromatic amines is 1. The van der Waals surface area contributed by atoms with Crippen LogP contribution in [0.15, 0.2) is 12.4 Å². The van der Waals surface area contributed by atoms with Crippen molar-refractivity contribution in [2.75, 3.05) is 0 Å². The van der Waals surface area contributed by atoms with E-state index >= 15 is 0 Å². The Kier molecular flexibility index (Phi) is 2.18. The molecule has 0 radical (unpaired) electrons. The number of H-pyrrole nitrogens is 1. The third-order valence-electron chi connectivity index (χ3n) is 1.37. The fourth-order valence-corrected chi connectivity index (χ4v) is 1.18. The Labute approximate surface area is 72.3 Å². The van der Waals surface area contributed by atoms with E-state index in [0.717, 1.165) is 11.3 Å². The monoisotopic (exact) mass is 170 g/mol. The van der Waals surface area contributed by atoms with Gasteiger partial charge in [-0.05, 0) is 17.6 Å². The first kappa shape index (κ1) is 8.53. The molecule has 0 unspecified atom stereocenters. The molecule has 11 heavy (non-hydrogen) atoms. The number of hydrogen-bond acceptors (Lipinski definition) is 1. The topological polar surface area (TPSA) is 20.7 Å². The number of rotatable bonds is 1. The van der Waals surface area contributed by atoms with Crippen LogP contribution in [0, 0.1) is 10.2 Å². The zero-order valence-electron chi connectivity index (χ0n) is 7.22. The summed E-state index contributed by atoms with van der Waals surface area (Å²) in [6.45, 7) is 7.56. The minimum Gasteiger partial charge on any atom is -0.337 e. The second kappa shape index (κ2) is 2.81. The molecule has 1 N–H and O–H groups in total. The first-order valence-electron chi connectivity index (χ1n) is 3.73. The van der Waals surface area contributed by atoms with Crippen LogP contribution >= 0.6 is 12.2 Å². The summed E-state index contributed by atoms with van der Waals surface area (Å²) >= 11 is 5.06. The van der Waals surface area contributed by atoms with E-state index in [0.29, 0.717) is 5.41 Å². The van der Waals surface area contributed by atoms with Crippen molar-refractivity contribution < 1.29 is 0 Å². The summed E-state index contributed by atoms with van der Waals surface area (Å²) < 4.78 is 2.86. The van der Waals surface area contributed by atoms with Crippen LogP contribution in [0.25, 0.3) is 0 Å². The third kappa shape index (κ3) is 2.50. The van der Waals surface area contributed by atoms with Crippen molar-refractivity contribution in [1.82, 2.24) is 9.55 Å². The quantitative estimate of drug-likeness (QED) is 0.642. The van der Waals surface area contributed by atoms with E-state index in [4.69, 9.17) is 12.2 Å². The zero-order valence-corrected chi connectivity index (χ0v) is 8.03. The van der Waals surface area contributed by atoms with Crippen molar-refractivity contribution >= 4 is 12.2 Å². The third-order valence-corrected chi connectivity index (χ3v) is 1.72. The van der Waals surface area contributed by atoms with Crippen LogP contribution < -0.4 is 0 Å². The van der Waals surface area contributed by atoms with Gasteiger partial charge in [0.05, 0.1) is 0 Å². The number of hydrogen-bond donors (Lipinski definition) is 1. The van der Waals surface area contributed by atoms with Crippen LogP contribution in [0.3, 0.4) is 0 Å². The molecule has 3 heteroatoms. The summed E-state index contributed by atoms with van der Waals surface area (Å²) in [5, 5.41) is 0. The summed E-state index contributed by atoms with van der Waals surface area (Å²) in [5.41, 5.74) is 0.292. The molecular weight excluding hydrogens is 156 g/mol. The Bertz CT molecular complexity index is 277. The van der Waals surface area contributed by atoms with Crippen molar-refractivity contribution in [2.45, 2.75) is 27.3 Å². The van der Waals surface area contributed by atoms with Crippen molar-refractivity contribution in [1.29, 1.82) is 0 Å². The van der Waals surface area contributed by atoms with Crippen molar-refractivity contribution in [3.63, 3.8) is 0 Å². The lowest BCUT2D eigenvalue weighted by Crippen LogP contribution is -2.14. The maximum atomic E-state index is 5.06. The molecular formula is C8H14N2S. The average Bonchev–Trinajstić information content (AvgIpc) is 2.12. The molecule has 2 nitrogen and oxygen atoms in total. The standard InChI is InChI=1S/C8H14N2S/c1-8(2,3)6-10-5-4-9-7(10)11/h4-5H,6H2,1-3H3,(H,9,11). The van der Waals surface area contributed by atoms with E-state index in [9.17, 15) is 0 Å². The van der Waals surface area contributed by atoms with Crippen LogP contribution in [-0.4, -0.2) is 9.55 Å². The van der Waals surface area contributed by atoms with Gasteiger partial charge in [-0.3, -0.25) is 0 Å². The first-order chi connectivity index (χ1) is 4.99. The van der Waals surface area contributed by atoms with Gasteiger partial charge < -0.3 is 9.55 Å². The number of nitrogens with one attached hydrogen (secondary N) is 1. The van der Waals surface area contributed by atoms with Crippen molar-refractivity contribution in [3.8, 4) is 0 Å². The van der Waals surface area contributed by atoms with Crippen LogP contribution in [0.2, 0.25) is 0 Å². The molecule has 0 fully saturated rings. The predicted octanol–water partition coefficient (Wildman–Crippen LogP) is 2.59. The highest BCUT2D eigenvalue weighted by molar-refractivity contribution is 7.71. The van der Waals surface area contributed by atoms with Crippen LogP contribution in [0.5, 0.6) is 0 Å². The maximum Gasteiger partial charge on any atom is 0.177 e. The van der Waals surface area contributed by atoms with Crippen LogP contribution in [0.1, 0.15) is 20.8 Å². The van der Waals surface area contributed by atoms with E-state index in [2.05, 4.69) is 30.3 Å². The lowest BCUT2D eigenvalue weighted by Gasteiger charge is -2.18. The van der Waals surface area contributed by atoms with Crippen LogP contribution in [0.4, 0.5) is 0 Å². The van der Waals surface area contributed by atoms with Gasteiger partial charge in [-0.25, -0.2) is 0 Å². The second-order valence-corrected chi connectivity index (χ2v) is 4.34. The highest BCUT2D eigenvalue weighted by atomic mass is 32.1. The van der Waals surface area contributed by atoms with E-state index in [1.807, 2.05) is 12.4 Å². The molecule has 1 rings (SSSR count). The predicted molar refractivity (Wildman–Crippen MR) is 49.1 cm³/mol. The highest BCUT2D eigenvalue weighted by Gasteiger charge is 2.10. The van der Waals surface area contributed by atoms with Crippen LogP contribution in [-0.2, 0) is 6.54 Å². The van der Waals surface area contributed by atoms with Gasteiger partial charge in [-0.1, -0.05) is 20.8 Å². The Morgan fingerprint density at radius 3 is 2.55 bits per heavy atom. The molecule has 1 heterocycles. The molecule has 1 aromatic heterocycles. The van der Waals surface area contributed by atoms with Gasteiger partial charge in [0.15, 0.2) is 4.77 Å². The second-order valence-electron chi connectivity index (χ2n) is 3.95. The fraction of sp³-hybridized carbons (Fsp3) is 0.625. The average molecular weight is 170 g/mol. The molecule has 0 aliphatic carbocycles. The Morgan fingerprint density at radius 1 is 1.55 bits per heavy atom. The molecule has 0 aliphatic heterocycles. The van der Waals surface area contributed by atoms with Gasteiger partial charge in [0.1, 0.15) is 0 Å². The molecule has 0 spiro atoms. The molecule has 0 aromatic carbocycles. The van der Waals surface area contributed by atoms with Gasteiger partial charge in [0, 0.05) is 18.9 Å². The van der Waals surface area contributed by atoms with E-state index < -0.39 is 0 Å². The molecule has 0 saturated heterocycles. The van der Waals surface area contributed by atoms with Crippen molar-refractivity contribution in [3.05, 3.63) is 17.2 Å². The summed E-state index contributed by atoms with van der Waals surface area (Å²) in [5.74, 6) is 0. The molecule has 0 bridgehead atoms.